The van der Waals surface area contributed by atoms with Gasteiger partial charge in [-0.05, 0) is 49.3 Å². The normalized spacial score (nSPS) is 18.2. The molecule has 2 heterocycles. The van der Waals surface area contributed by atoms with Gasteiger partial charge >= 0.3 is 0 Å². The van der Waals surface area contributed by atoms with Crippen molar-refractivity contribution < 1.29 is 4.74 Å². The molecule has 1 unspecified atom stereocenters. The Hall–Kier alpha value is -1.16. The smallest absolute Gasteiger partial charge is 0.0703 e. The number of hydrogen-bond acceptors (Lipinski definition) is 3. The Bertz CT molecular complexity index is 587. The highest BCUT2D eigenvalue weighted by atomic mass is 32.1. The summed E-state index contributed by atoms with van der Waals surface area (Å²) in [4.78, 5) is 3.98. The number of ether oxygens (including phenoxy) is 1. The van der Waals surface area contributed by atoms with Gasteiger partial charge < -0.3 is 4.74 Å². The van der Waals surface area contributed by atoms with E-state index in [4.69, 9.17) is 4.74 Å². The van der Waals surface area contributed by atoms with Gasteiger partial charge in [-0.1, -0.05) is 29.8 Å². The predicted octanol–water partition coefficient (Wildman–Crippen LogP) is 4.55. The molecule has 1 saturated heterocycles. The molecule has 22 heavy (non-hydrogen) atoms. The zero-order valence-electron chi connectivity index (χ0n) is 13.5. The van der Waals surface area contributed by atoms with E-state index < -0.39 is 0 Å². The molecule has 118 valence electrons. The van der Waals surface area contributed by atoms with Gasteiger partial charge in [0, 0.05) is 31.1 Å². The van der Waals surface area contributed by atoms with Crippen LogP contribution in [0.4, 0.5) is 0 Å². The van der Waals surface area contributed by atoms with Crippen LogP contribution >= 0.6 is 11.3 Å². The fourth-order valence-electron chi connectivity index (χ4n) is 3.10. The summed E-state index contributed by atoms with van der Waals surface area (Å²) in [5, 5.41) is 2.16. The second kappa shape index (κ2) is 7.40. The summed E-state index contributed by atoms with van der Waals surface area (Å²) in [6, 6.07) is 11.1. The first-order valence-corrected chi connectivity index (χ1v) is 9.01. The van der Waals surface area contributed by atoms with Crippen molar-refractivity contribution in [3.8, 4) is 0 Å². The Morgan fingerprint density at radius 3 is 2.86 bits per heavy atom. The van der Waals surface area contributed by atoms with Crippen LogP contribution in [0.5, 0.6) is 0 Å². The maximum Gasteiger partial charge on any atom is 0.0703 e. The van der Waals surface area contributed by atoms with Gasteiger partial charge in [0.15, 0.2) is 0 Å². The van der Waals surface area contributed by atoms with E-state index in [1.807, 2.05) is 11.3 Å². The molecule has 1 aromatic heterocycles. The van der Waals surface area contributed by atoms with Crippen molar-refractivity contribution in [2.45, 2.75) is 45.9 Å². The molecule has 1 fully saturated rings. The monoisotopic (exact) mass is 315 g/mol. The maximum atomic E-state index is 5.86. The SMILES string of the molecule is Cc1ccc(C)c(CN(Cc2cccs2)CC2CCCO2)c1. The summed E-state index contributed by atoms with van der Waals surface area (Å²) >= 11 is 1.84. The van der Waals surface area contributed by atoms with Crippen molar-refractivity contribution in [2.24, 2.45) is 0 Å². The van der Waals surface area contributed by atoms with Gasteiger partial charge in [0.25, 0.3) is 0 Å². The van der Waals surface area contributed by atoms with E-state index in [-0.39, 0.29) is 0 Å². The third-order valence-corrected chi connectivity index (χ3v) is 5.21. The minimum Gasteiger partial charge on any atom is -0.377 e. The highest BCUT2D eigenvalue weighted by Crippen LogP contribution is 2.20. The number of rotatable bonds is 6. The molecule has 3 rings (SSSR count). The lowest BCUT2D eigenvalue weighted by atomic mass is 10.0. The fraction of sp³-hybridized carbons (Fsp3) is 0.474. The molecule has 2 aromatic rings. The van der Waals surface area contributed by atoms with E-state index in [1.54, 1.807) is 0 Å². The molecule has 1 aliphatic heterocycles. The molecule has 1 atom stereocenters. The molecule has 2 nitrogen and oxygen atoms in total. The van der Waals surface area contributed by atoms with Gasteiger partial charge in [-0.15, -0.1) is 11.3 Å². The van der Waals surface area contributed by atoms with Crippen LogP contribution in [0.15, 0.2) is 35.7 Å². The summed E-state index contributed by atoms with van der Waals surface area (Å²) < 4.78 is 5.86. The first kappa shape index (κ1) is 15.7. The lowest BCUT2D eigenvalue weighted by Gasteiger charge is -2.25. The number of hydrogen-bond donors (Lipinski definition) is 0. The number of aryl methyl sites for hydroxylation is 2. The molecule has 0 aliphatic carbocycles. The van der Waals surface area contributed by atoms with E-state index in [2.05, 4.69) is 54.5 Å². The van der Waals surface area contributed by atoms with Crippen LogP contribution in [0.2, 0.25) is 0 Å². The molecule has 1 aliphatic rings. The van der Waals surface area contributed by atoms with Gasteiger partial charge in [-0.3, -0.25) is 4.90 Å². The van der Waals surface area contributed by atoms with Crippen LogP contribution in [-0.2, 0) is 17.8 Å². The van der Waals surface area contributed by atoms with E-state index in [9.17, 15) is 0 Å². The number of nitrogens with zero attached hydrogens (tertiary/aromatic N) is 1. The molecule has 0 spiro atoms. The largest absolute Gasteiger partial charge is 0.377 e. The lowest BCUT2D eigenvalue weighted by molar-refractivity contribution is 0.0682. The first-order valence-electron chi connectivity index (χ1n) is 8.13. The van der Waals surface area contributed by atoms with Crippen LogP contribution in [0.3, 0.4) is 0 Å². The zero-order chi connectivity index (χ0) is 15.4. The maximum absolute atomic E-state index is 5.86. The minimum absolute atomic E-state index is 0.407. The molecule has 0 amide bonds. The third kappa shape index (κ3) is 4.19. The molecule has 1 aromatic carbocycles. The molecule has 3 heteroatoms. The Balaban J connectivity index is 1.73. The van der Waals surface area contributed by atoms with E-state index in [1.165, 1.54) is 34.4 Å². The Morgan fingerprint density at radius 1 is 1.23 bits per heavy atom. The van der Waals surface area contributed by atoms with Gasteiger partial charge in [-0.25, -0.2) is 0 Å². The van der Waals surface area contributed by atoms with Crippen molar-refractivity contribution in [1.82, 2.24) is 4.90 Å². The van der Waals surface area contributed by atoms with E-state index in [0.717, 1.165) is 26.2 Å². The lowest BCUT2D eigenvalue weighted by Crippen LogP contribution is -2.31. The summed E-state index contributed by atoms with van der Waals surface area (Å²) in [6.45, 7) is 8.37. The van der Waals surface area contributed by atoms with E-state index in [0.29, 0.717) is 6.10 Å². The topological polar surface area (TPSA) is 12.5 Å². The van der Waals surface area contributed by atoms with E-state index >= 15 is 0 Å². The molecule has 0 saturated carbocycles. The van der Waals surface area contributed by atoms with Gasteiger partial charge in [0.05, 0.1) is 6.10 Å². The number of benzene rings is 1. The van der Waals surface area contributed by atoms with Crippen LogP contribution in [0.1, 0.15) is 34.4 Å². The Labute approximate surface area is 137 Å². The van der Waals surface area contributed by atoms with Gasteiger partial charge in [-0.2, -0.15) is 0 Å². The van der Waals surface area contributed by atoms with Gasteiger partial charge in [0.2, 0.25) is 0 Å². The van der Waals surface area contributed by atoms with Crippen molar-refractivity contribution in [3.05, 3.63) is 57.3 Å². The zero-order valence-corrected chi connectivity index (χ0v) is 14.4. The summed E-state index contributed by atoms with van der Waals surface area (Å²) in [7, 11) is 0. The molecular weight excluding hydrogens is 290 g/mol. The Morgan fingerprint density at radius 2 is 2.14 bits per heavy atom. The predicted molar refractivity (Wildman–Crippen MR) is 93.3 cm³/mol. The summed E-state index contributed by atoms with van der Waals surface area (Å²) in [5.41, 5.74) is 4.16. The highest BCUT2D eigenvalue weighted by molar-refractivity contribution is 7.09. The van der Waals surface area contributed by atoms with Crippen LogP contribution in [0.25, 0.3) is 0 Å². The molecule has 0 radical (unpaired) electrons. The van der Waals surface area contributed by atoms with Crippen molar-refractivity contribution in [1.29, 1.82) is 0 Å². The fourth-order valence-corrected chi connectivity index (χ4v) is 3.84. The average Bonchev–Trinajstić information content (AvgIpc) is 3.16. The van der Waals surface area contributed by atoms with Gasteiger partial charge in [0.1, 0.15) is 0 Å². The second-order valence-corrected chi connectivity index (χ2v) is 7.35. The van der Waals surface area contributed by atoms with Crippen LogP contribution in [-0.4, -0.2) is 24.2 Å². The summed E-state index contributed by atoms with van der Waals surface area (Å²) in [5.74, 6) is 0. The van der Waals surface area contributed by atoms with Crippen LogP contribution in [0, 0.1) is 13.8 Å². The molecule has 0 bridgehead atoms. The second-order valence-electron chi connectivity index (χ2n) is 6.31. The number of thiophene rings is 1. The summed E-state index contributed by atoms with van der Waals surface area (Å²) in [6.07, 6.45) is 2.82. The van der Waals surface area contributed by atoms with Crippen molar-refractivity contribution >= 4 is 11.3 Å². The first-order chi connectivity index (χ1) is 10.7. The molecule has 0 N–H and O–H groups in total. The Kier molecular flexibility index (Phi) is 5.29. The standard InChI is InChI=1S/C19H25NOS/c1-15-7-8-16(2)17(11-15)12-20(13-18-5-3-9-21-18)14-19-6-4-10-22-19/h4,6-8,10-11,18H,3,5,9,12-14H2,1-2H3. The van der Waals surface area contributed by atoms with Crippen molar-refractivity contribution in [2.75, 3.05) is 13.2 Å². The molecular formula is C19H25NOS. The van der Waals surface area contributed by atoms with Crippen molar-refractivity contribution in [3.63, 3.8) is 0 Å². The van der Waals surface area contributed by atoms with Crippen LogP contribution < -0.4 is 0 Å². The third-order valence-electron chi connectivity index (χ3n) is 4.34. The minimum atomic E-state index is 0.407. The highest BCUT2D eigenvalue weighted by Gasteiger charge is 2.20. The quantitative estimate of drug-likeness (QED) is 0.775. The average molecular weight is 315 g/mol.